The predicted octanol–water partition coefficient (Wildman–Crippen LogP) is -1.94. The summed E-state index contributed by atoms with van der Waals surface area (Å²) in [6.07, 6.45) is 1.79. The van der Waals surface area contributed by atoms with E-state index in [1.807, 2.05) is 6.92 Å². The van der Waals surface area contributed by atoms with Gasteiger partial charge in [0.2, 0.25) is 106 Å². The highest BCUT2D eigenvalue weighted by molar-refractivity contribution is 8.76. The molecule has 3 unspecified atom stereocenters. The van der Waals surface area contributed by atoms with Gasteiger partial charge in [-0.25, -0.2) is 0 Å². The molecule has 0 saturated carbocycles. The molecular weight excluding hydrogens is 1930 g/mol. The van der Waals surface area contributed by atoms with E-state index in [0.717, 1.165) is 28.5 Å². The molecule has 2 aromatic carbocycles. The molecule has 5 saturated heterocycles. The number of likely N-dealkylation sites (tertiary alicyclic amines) is 3. The number of benzene rings is 2. The number of carbonyl (C=O) groups is 20. The molecule has 7 rings (SSSR count). The van der Waals surface area contributed by atoms with Crippen LogP contribution >= 0.6 is 33.2 Å². The van der Waals surface area contributed by atoms with Crippen molar-refractivity contribution in [3.8, 4) is 0 Å². The standard InChI is InChI=1S/C93H144ClN23O21S2.C2H4O2/c1-8-9-27-63-89(135)114-41-19-31-70(114)86(132)101-54(6)77(123)112-68(50-118)84(130)110-66(48-56-23-11-10-12-24-56)83(129)113-69(85(131)108-64(29-14-16-39-96)90(136)117-44-22-34-73(117)91(137)115-42-20-32-71(115)87(133)103-59(76(97)122)35-36-74(120)121)51-140-139-45-37-62(80(126)109-65(46-52(2)3)81(127)105-61(30-18-40-100-93(98)99)78(124)104-60(79(125)107-63)28-13-15-38-95)106-82(128)67(49-57-25-17-26-58(94)47-57)111-88(134)72-33-21-43-116(72)92(138)75(53(4)5)102-55(7)119;1-2(3)4/h10-12,17,23-26,47,52-54,59-73,75,118H,8-9,13-16,18-22,27-46,48-51,95-96H2,1-7H3,(H2,97,122)(H,101,132)(H,102,119)(H,103,133)(H,104,124)(H,105,127)(H,106,128)(H,107,125)(H,108,131)(H,109,126)(H,110,130)(H,111,134)(H,112,123)(H,113,129)(H,120,121)(H4,98,99,100);1H3,(H,3,4)/t54-,59+,60?,61+,62-,63-,64-,65?,66?,67-,68+,69-,70-,71-,72-,73-,75-;/m0./s1. The molecule has 5 fully saturated rings. The molecule has 49 heteroatoms. The van der Waals surface area contributed by atoms with Gasteiger partial charge in [-0.3, -0.25) is 101 Å². The Kier molecular flexibility index (Phi) is 51.9. The third kappa shape index (κ3) is 39.5. The quantitative estimate of drug-likeness (QED) is 0.0150. The number of guanidine groups is 1. The van der Waals surface area contributed by atoms with Crippen molar-refractivity contribution >= 4 is 157 Å². The molecule has 5 aliphatic heterocycles. The molecule has 2 aromatic rings. The fraction of sp³-hybridized carbons (Fsp3) is 0.653. The van der Waals surface area contributed by atoms with Crippen LogP contribution in [0.25, 0.3) is 0 Å². The fourth-order valence-electron chi connectivity index (χ4n) is 17.5. The Morgan fingerprint density at radius 1 is 0.542 bits per heavy atom. The number of primary amides is 1. The van der Waals surface area contributed by atoms with Gasteiger partial charge in [0.25, 0.3) is 5.97 Å². The summed E-state index contributed by atoms with van der Waals surface area (Å²) in [6.45, 7) is 11.9. The van der Waals surface area contributed by atoms with Crippen LogP contribution in [0.15, 0.2) is 54.6 Å². The van der Waals surface area contributed by atoms with Crippen molar-refractivity contribution in [2.45, 2.75) is 319 Å². The Morgan fingerprint density at radius 3 is 1.67 bits per heavy atom. The number of hydrogen-bond acceptors (Lipinski definition) is 26. The zero-order valence-electron chi connectivity index (χ0n) is 83.2. The maximum atomic E-state index is 15.7. The minimum atomic E-state index is -1.84. The van der Waals surface area contributed by atoms with E-state index in [0.29, 0.717) is 56.1 Å². The molecule has 0 aromatic heterocycles. The van der Waals surface area contributed by atoms with E-state index >= 15 is 33.6 Å². The van der Waals surface area contributed by atoms with Gasteiger partial charge in [-0.1, -0.05) is 123 Å². The van der Waals surface area contributed by atoms with Gasteiger partial charge in [0.05, 0.1) is 6.61 Å². The number of aliphatic carboxylic acids is 2. The molecule has 5 heterocycles. The van der Waals surface area contributed by atoms with Gasteiger partial charge >= 0.3 is 5.97 Å². The highest BCUT2D eigenvalue weighted by Gasteiger charge is 2.48. The number of carboxylic acids is 2. The van der Waals surface area contributed by atoms with E-state index in [9.17, 15) is 67.7 Å². The third-order valence-electron chi connectivity index (χ3n) is 25.0. The SMILES string of the molecule is CC(=O)O.CCCC[C@@H]1NC(=O)C(CCCCN)NC(=O)[C@@H](CCCNC(=N)N)NC(=O)C(CC(C)C)NC(=O)[C@@H](NC(=O)[C@H](Cc2cccc(Cl)c2)NC(=O)[C@@H]2CCCN2C(=O)[C@@H](NC(C)=O)C(C)C)CCSSC[C@@H](C(=O)N[C@@H](CCCCN)C(=O)N2CCC[C@H]2C(=O)N2CCC[C@H]2C(=O)N[C@H](CCC(=O)O)C(N)=O)NC(=O)C(Cc2ccccc2)NC(=O)[C@@H](CO)NC(=O)[C@H](C)NC(=O)[C@@H]2CCCN2C1=O. The zero-order valence-corrected chi connectivity index (χ0v) is 85.6. The number of carbonyl (C=O) groups excluding carboxylic acids is 18. The number of amides is 18. The van der Waals surface area contributed by atoms with Crippen molar-refractivity contribution in [2.24, 2.45) is 34.8 Å². The minimum absolute atomic E-state index is 0.00894. The number of halogens is 1. The molecule has 46 nitrogen and oxygen atoms in total. The first-order chi connectivity index (χ1) is 68.4. The highest BCUT2D eigenvalue weighted by Crippen LogP contribution is 2.30. The lowest BCUT2D eigenvalue weighted by atomic mass is 10.0. The number of fused-ring (bicyclic) bond motifs is 1. The first-order valence-corrected chi connectivity index (χ1v) is 52.2. The summed E-state index contributed by atoms with van der Waals surface area (Å²) in [4.78, 5) is 290. The summed E-state index contributed by atoms with van der Waals surface area (Å²) in [5.41, 5.74) is 24.1. The largest absolute Gasteiger partial charge is 0.481 e. The Hall–Kier alpha value is -12.0. The van der Waals surface area contributed by atoms with Crippen LogP contribution in [-0.2, 0) is 109 Å². The second-order valence-corrected chi connectivity index (χ2v) is 40.4. The van der Waals surface area contributed by atoms with Crippen LogP contribution in [0.1, 0.15) is 214 Å². The number of carboxylic acid groups (broad SMARTS) is 2. The van der Waals surface area contributed by atoms with E-state index in [1.165, 1.54) is 33.4 Å². The van der Waals surface area contributed by atoms with E-state index in [4.69, 9.17) is 49.8 Å². The number of nitrogens with one attached hydrogen (secondary N) is 15. The van der Waals surface area contributed by atoms with Crippen molar-refractivity contribution in [3.63, 3.8) is 0 Å². The van der Waals surface area contributed by atoms with Crippen molar-refractivity contribution in [2.75, 3.05) is 63.9 Å². The molecule has 800 valence electrons. The molecule has 26 N–H and O–H groups in total. The van der Waals surface area contributed by atoms with Crippen molar-refractivity contribution in [1.29, 1.82) is 5.41 Å². The van der Waals surface area contributed by atoms with Crippen LogP contribution in [0, 0.1) is 17.2 Å². The molecule has 5 aliphatic rings. The summed E-state index contributed by atoms with van der Waals surface area (Å²) in [5, 5.41) is 73.7. The summed E-state index contributed by atoms with van der Waals surface area (Å²) in [6, 6.07) is -9.66. The average Bonchev–Trinajstić information content (AvgIpc) is 1.64. The normalized spacial score (nSPS) is 23.6. The van der Waals surface area contributed by atoms with Crippen LogP contribution in [0.3, 0.4) is 0 Å². The zero-order chi connectivity index (χ0) is 107. The molecule has 0 aliphatic carbocycles. The number of aliphatic hydroxyl groups excluding tert-OH is 1. The maximum absolute atomic E-state index is 15.7. The Balaban J connectivity index is 0.00000777. The first kappa shape index (κ1) is 121. The average molecular weight is 2080 g/mol. The summed E-state index contributed by atoms with van der Waals surface area (Å²) < 4.78 is 0. The van der Waals surface area contributed by atoms with Gasteiger partial charge in [-0.2, -0.15) is 0 Å². The lowest BCUT2D eigenvalue weighted by Crippen LogP contribution is -2.61. The van der Waals surface area contributed by atoms with Gasteiger partial charge in [-0.15, -0.1) is 0 Å². The van der Waals surface area contributed by atoms with Crippen molar-refractivity contribution < 1.29 is 111 Å². The summed E-state index contributed by atoms with van der Waals surface area (Å²) in [5.74, 6) is -19.1. The monoisotopic (exact) mass is 2080 g/mol. The van der Waals surface area contributed by atoms with E-state index in [2.05, 4.69) is 74.4 Å². The number of unbranched alkanes of at least 4 members (excludes halogenated alkanes) is 3. The molecule has 0 radical (unpaired) electrons. The minimum Gasteiger partial charge on any atom is -0.481 e. The van der Waals surface area contributed by atoms with E-state index in [-0.39, 0.29) is 166 Å². The van der Waals surface area contributed by atoms with Crippen LogP contribution in [-0.4, -0.2) is 326 Å². The molecular formula is C95H148ClN23O23S2. The predicted molar refractivity (Wildman–Crippen MR) is 535 cm³/mol. The Labute approximate surface area is 851 Å². The number of aliphatic hydroxyl groups is 1. The fourth-order valence-corrected chi connectivity index (χ4v) is 19.9. The molecule has 0 spiro atoms. The Morgan fingerprint density at radius 2 is 1.08 bits per heavy atom. The highest BCUT2D eigenvalue weighted by atomic mass is 35.5. The Bertz CT molecular complexity index is 4740. The lowest BCUT2D eigenvalue weighted by molar-refractivity contribution is -0.148. The number of rotatable bonds is 39. The lowest BCUT2D eigenvalue weighted by Gasteiger charge is -2.33. The molecule has 17 atom stereocenters. The van der Waals surface area contributed by atoms with Gasteiger partial charge < -0.3 is 132 Å². The van der Waals surface area contributed by atoms with Crippen LogP contribution in [0.2, 0.25) is 5.02 Å². The maximum Gasteiger partial charge on any atom is 0.303 e. The van der Waals surface area contributed by atoms with Crippen molar-refractivity contribution in [3.05, 3.63) is 70.7 Å². The first-order valence-electron chi connectivity index (χ1n) is 49.4. The number of hydrogen-bond donors (Lipinski definition) is 22. The molecule has 0 bridgehead atoms. The number of nitrogens with zero attached hydrogens (tertiary/aromatic N) is 4. The van der Waals surface area contributed by atoms with E-state index in [1.54, 1.807) is 82.3 Å². The third-order valence-corrected chi connectivity index (χ3v) is 27.7. The van der Waals surface area contributed by atoms with Crippen LogP contribution < -0.4 is 97.4 Å². The number of nitrogens with two attached hydrogens (primary N) is 4. The van der Waals surface area contributed by atoms with E-state index < -0.39 is 258 Å². The van der Waals surface area contributed by atoms with Crippen LogP contribution in [0.5, 0.6) is 0 Å². The summed E-state index contributed by atoms with van der Waals surface area (Å²) in [7, 11) is 1.93. The van der Waals surface area contributed by atoms with Gasteiger partial charge in [0, 0.05) is 82.4 Å². The second-order valence-electron chi connectivity index (χ2n) is 37.4. The molecule has 144 heavy (non-hydrogen) atoms. The second kappa shape index (κ2) is 62.0. The van der Waals surface area contributed by atoms with Gasteiger partial charge in [0.15, 0.2) is 5.96 Å². The topological polar surface area (TPSA) is 711 Å². The van der Waals surface area contributed by atoms with Crippen molar-refractivity contribution in [1.82, 2.24) is 94.0 Å². The van der Waals surface area contributed by atoms with Crippen LogP contribution in [0.4, 0.5) is 0 Å². The van der Waals surface area contributed by atoms with Gasteiger partial charge in [-0.05, 0) is 184 Å². The van der Waals surface area contributed by atoms with Gasteiger partial charge in [0.1, 0.15) is 103 Å². The smallest absolute Gasteiger partial charge is 0.303 e. The summed E-state index contributed by atoms with van der Waals surface area (Å²) >= 11 is 6.54. The molecule has 18 amide bonds.